The minimum absolute atomic E-state index is 0.0384. The first-order valence-electron chi connectivity index (χ1n) is 18.3. The van der Waals surface area contributed by atoms with Gasteiger partial charge in [0.15, 0.2) is 42.0 Å². The van der Waals surface area contributed by atoms with E-state index in [9.17, 15) is 48.6 Å². The van der Waals surface area contributed by atoms with Crippen molar-refractivity contribution in [3.05, 3.63) is 28.3 Å². The van der Waals surface area contributed by atoms with Crippen LogP contribution in [0, 0.1) is 6.92 Å². The molecule has 2 saturated heterocycles. The Morgan fingerprint density at radius 1 is 0.590 bits per heavy atom. The molecular formula is C38H42O23. The molecule has 2 fully saturated rings. The van der Waals surface area contributed by atoms with Crippen LogP contribution in [0.2, 0.25) is 0 Å². The van der Waals surface area contributed by atoms with Gasteiger partial charge in [-0.15, -0.1) is 0 Å². The second kappa shape index (κ2) is 18.9. The lowest BCUT2D eigenvalue weighted by atomic mass is 9.96. The van der Waals surface area contributed by atoms with Gasteiger partial charge in [-0.25, -0.2) is 4.79 Å². The smallest absolute Gasteiger partial charge is 0.347 e. The van der Waals surface area contributed by atoms with Gasteiger partial charge in [0.1, 0.15) is 48.3 Å². The summed E-state index contributed by atoms with van der Waals surface area (Å²) >= 11 is 0. The lowest BCUT2D eigenvalue weighted by Gasteiger charge is -2.48. The number of aryl methyl sites for hydroxylation is 1. The van der Waals surface area contributed by atoms with Crippen molar-refractivity contribution < 1.29 is 105 Å². The predicted octanol–water partition coefficient (Wildman–Crippen LogP) is 1.26. The number of fused-ring (bicyclic) bond motifs is 3. The van der Waals surface area contributed by atoms with E-state index < -0.39 is 139 Å². The molecule has 5 rings (SSSR count). The summed E-state index contributed by atoms with van der Waals surface area (Å²) in [6.45, 7) is 7.09. The number of benzene rings is 1. The van der Waals surface area contributed by atoms with E-state index in [4.69, 9.17) is 60.9 Å². The molecule has 2 N–H and O–H groups in total. The van der Waals surface area contributed by atoms with Crippen molar-refractivity contribution in [3.8, 4) is 17.2 Å². The Labute approximate surface area is 343 Å². The average molecular weight is 867 g/mol. The van der Waals surface area contributed by atoms with Gasteiger partial charge in [-0.3, -0.25) is 33.6 Å². The Balaban J connectivity index is 1.66. The van der Waals surface area contributed by atoms with Crippen molar-refractivity contribution >= 4 is 63.7 Å². The molecule has 332 valence electrons. The first-order chi connectivity index (χ1) is 28.6. The minimum atomic E-state index is -1.98. The Hall–Kier alpha value is -6.46. The van der Waals surface area contributed by atoms with Crippen LogP contribution in [0.1, 0.15) is 54.2 Å². The van der Waals surface area contributed by atoms with E-state index in [-0.39, 0.29) is 27.7 Å². The normalized spacial score (nSPS) is 26.1. The number of phenolic OH excluding ortho intramolecular Hbond substituents is 2. The second-order valence-corrected chi connectivity index (χ2v) is 13.7. The van der Waals surface area contributed by atoms with Gasteiger partial charge in [-0.1, -0.05) is 0 Å². The highest BCUT2D eigenvalue weighted by molar-refractivity contribution is 6.08. The molecule has 0 spiro atoms. The summed E-state index contributed by atoms with van der Waals surface area (Å²) < 4.78 is 73.6. The molecule has 0 saturated carbocycles. The molecular weight excluding hydrogens is 824 g/mol. The molecule has 2 aliphatic heterocycles. The Morgan fingerprint density at radius 2 is 1.05 bits per heavy atom. The van der Waals surface area contributed by atoms with Crippen LogP contribution in [0.15, 0.2) is 25.8 Å². The van der Waals surface area contributed by atoms with Gasteiger partial charge < -0.3 is 71.2 Å². The zero-order valence-electron chi connectivity index (χ0n) is 33.8. The lowest BCUT2D eigenvalue weighted by Crippen LogP contribution is -2.67. The van der Waals surface area contributed by atoms with Gasteiger partial charge in [-0.05, 0) is 13.0 Å². The number of furan rings is 1. The van der Waals surface area contributed by atoms with Crippen LogP contribution in [0.25, 0.3) is 21.9 Å². The fourth-order valence-electron chi connectivity index (χ4n) is 6.71. The van der Waals surface area contributed by atoms with Crippen molar-refractivity contribution in [1.29, 1.82) is 0 Å². The van der Waals surface area contributed by atoms with Gasteiger partial charge in [0, 0.05) is 59.9 Å². The molecule has 0 aliphatic carbocycles. The van der Waals surface area contributed by atoms with Crippen LogP contribution in [0.3, 0.4) is 0 Å². The molecule has 0 bridgehead atoms. The fourth-order valence-corrected chi connectivity index (χ4v) is 6.71. The van der Waals surface area contributed by atoms with Gasteiger partial charge in [-0.2, -0.15) is 0 Å². The summed E-state index contributed by atoms with van der Waals surface area (Å²) in [7, 11) is 0. The van der Waals surface area contributed by atoms with E-state index in [2.05, 4.69) is 0 Å². The van der Waals surface area contributed by atoms with Crippen molar-refractivity contribution in [2.75, 3.05) is 13.2 Å². The molecule has 61 heavy (non-hydrogen) atoms. The molecule has 2 aliphatic rings. The van der Waals surface area contributed by atoms with E-state index in [1.807, 2.05) is 0 Å². The largest absolute Gasteiger partial charge is 0.504 e. The number of carbonyl (C=O) groups excluding carboxylic acids is 7. The van der Waals surface area contributed by atoms with Crippen LogP contribution < -0.4 is 10.4 Å². The zero-order valence-corrected chi connectivity index (χ0v) is 33.8. The summed E-state index contributed by atoms with van der Waals surface area (Å²) in [6.07, 6.45) is -17.8. The molecule has 23 nitrogen and oxygen atoms in total. The van der Waals surface area contributed by atoms with Crippen LogP contribution in [-0.4, -0.2) is 127 Å². The maximum absolute atomic E-state index is 12.9. The summed E-state index contributed by atoms with van der Waals surface area (Å²) in [5.41, 5.74) is -1.23. The Morgan fingerprint density at radius 3 is 1.57 bits per heavy atom. The number of phenols is 2. The minimum Gasteiger partial charge on any atom is -0.504 e. The van der Waals surface area contributed by atoms with E-state index in [1.54, 1.807) is 0 Å². The number of carbonyl (C=O) groups is 7. The highest BCUT2D eigenvalue weighted by Crippen LogP contribution is 2.47. The van der Waals surface area contributed by atoms with E-state index in [1.165, 1.54) is 13.0 Å². The summed E-state index contributed by atoms with van der Waals surface area (Å²) in [5.74, 6) is -8.86. The van der Waals surface area contributed by atoms with Gasteiger partial charge in [0.25, 0.3) is 0 Å². The van der Waals surface area contributed by atoms with Gasteiger partial charge in [0.05, 0.1) is 0 Å². The number of hydrogen-bond acceptors (Lipinski definition) is 23. The Kier molecular flexibility index (Phi) is 14.1. The predicted molar refractivity (Wildman–Crippen MR) is 194 cm³/mol. The van der Waals surface area contributed by atoms with Crippen LogP contribution in [0.4, 0.5) is 0 Å². The average Bonchev–Trinajstić information content (AvgIpc) is 3.49. The SMILES string of the molecule is CC(=O)OC[C@H]1O[C@@H](O[C@H]2[C@H](OC(C)=O)[C@@H](OC(C)=O)[C@H](Oc3c(O)c(O)cc4c3oc3cc(C)oc(=O)c34)O[C@@H]2COC(C)=O)[C@H](OC(C)=O)[C@@H](OC(C)=O)[C@H]1OC(C)=O. The second-order valence-electron chi connectivity index (χ2n) is 13.7. The highest BCUT2D eigenvalue weighted by Gasteiger charge is 2.58. The van der Waals surface area contributed by atoms with Crippen molar-refractivity contribution in [3.63, 3.8) is 0 Å². The number of ether oxygens (including phenoxy) is 11. The summed E-state index contributed by atoms with van der Waals surface area (Å²) in [4.78, 5) is 99.7. The van der Waals surface area contributed by atoms with Gasteiger partial charge in [0.2, 0.25) is 23.9 Å². The molecule has 0 radical (unpaired) electrons. The van der Waals surface area contributed by atoms with E-state index >= 15 is 0 Å². The maximum atomic E-state index is 12.9. The molecule has 0 amide bonds. The van der Waals surface area contributed by atoms with Crippen molar-refractivity contribution in [2.45, 2.75) is 117 Å². The first-order valence-corrected chi connectivity index (χ1v) is 18.3. The van der Waals surface area contributed by atoms with Crippen molar-refractivity contribution in [2.24, 2.45) is 0 Å². The number of esters is 7. The van der Waals surface area contributed by atoms with Crippen molar-refractivity contribution in [1.82, 2.24) is 0 Å². The quantitative estimate of drug-likeness (QED) is 0.139. The molecule has 3 aromatic rings. The number of rotatable bonds is 13. The topological polar surface area (TPSA) is 305 Å². The molecule has 0 unspecified atom stereocenters. The van der Waals surface area contributed by atoms with Gasteiger partial charge >= 0.3 is 47.4 Å². The van der Waals surface area contributed by atoms with E-state index in [0.29, 0.717) is 0 Å². The molecule has 4 heterocycles. The number of hydrogen-bond donors (Lipinski definition) is 2. The third kappa shape index (κ3) is 10.7. The summed E-state index contributed by atoms with van der Waals surface area (Å²) in [5, 5.41) is 21.6. The first kappa shape index (κ1) is 45.6. The highest BCUT2D eigenvalue weighted by atomic mass is 16.8. The third-order valence-electron chi connectivity index (χ3n) is 8.83. The van der Waals surface area contributed by atoms with E-state index in [0.717, 1.165) is 54.5 Å². The molecule has 1 aromatic carbocycles. The molecule has 23 heteroatoms. The molecule has 2 aromatic heterocycles. The maximum Gasteiger partial charge on any atom is 0.347 e. The third-order valence-corrected chi connectivity index (χ3v) is 8.83. The fraction of sp³-hybridized carbons (Fsp3) is 0.526. The monoisotopic (exact) mass is 866 g/mol. The van der Waals surface area contributed by atoms with Crippen LogP contribution in [-0.2, 0) is 80.9 Å². The van der Waals surface area contributed by atoms with Crippen LogP contribution >= 0.6 is 0 Å². The standard InChI is InChI=1S/C38H42O23/c1-13-9-23-26(36(48)51-13)21-10-22(46)27(47)31(28(21)57-23)61-38-35(56-20(8)45)33(54-18(6)43)30(25(59-38)12-50-15(3)40)60-37-34(55-19(7)44)32(53-17(5)42)29(52-16(4)41)24(58-37)11-49-14(2)39/h9-10,24-25,29-30,32-35,37-38,46-47H,11-12H2,1-8H3/t24-,25-,29+,30-,32+,33+,34-,35-,37+,38+/m1/s1. The summed E-state index contributed by atoms with van der Waals surface area (Å²) in [6, 6.07) is 2.36. The van der Waals surface area contributed by atoms with Crippen LogP contribution in [0.5, 0.6) is 17.2 Å². The lowest BCUT2D eigenvalue weighted by molar-refractivity contribution is -0.354. The zero-order chi connectivity index (χ0) is 45.0. The molecule has 10 atom stereocenters. The Bertz CT molecular complexity index is 2250. The number of aromatic hydroxyl groups is 2.